The maximum Gasteiger partial charge on any atom is 0.175 e. The van der Waals surface area contributed by atoms with E-state index in [1.54, 1.807) is 10.9 Å². The van der Waals surface area contributed by atoms with Gasteiger partial charge in [-0.1, -0.05) is 6.92 Å². The van der Waals surface area contributed by atoms with Crippen LogP contribution in [0.2, 0.25) is 0 Å². The molecule has 0 atom stereocenters. The summed E-state index contributed by atoms with van der Waals surface area (Å²) >= 11 is 0. The SMILES string of the molecule is CCCNCCCc1cnn(-c2cccnn2)c1. The third kappa shape index (κ3) is 3.63. The molecule has 0 bridgehead atoms. The summed E-state index contributed by atoms with van der Waals surface area (Å²) in [7, 11) is 0. The van der Waals surface area contributed by atoms with E-state index < -0.39 is 0 Å². The van der Waals surface area contributed by atoms with Crippen molar-refractivity contribution >= 4 is 0 Å². The first-order chi connectivity index (χ1) is 8.90. The van der Waals surface area contributed by atoms with E-state index in [1.165, 1.54) is 12.0 Å². The lowest BCUT2D eigenvalue weighted by Gasteiger charge is -2.01. The Morgan fingerprint density at radius 1 is 1.33 bits per heavy atom. The van der Waals surface area contributed by atoms with E-state index in [2.05, 4.69) is 27.5 Å². The molecule has 0 spiro atoms. The number of nitrogens with one attached hydrogen (secondary N) is 1. The molecule has 0 saturated heterocycles. The van der Waals surface area contributed by atoms with Crippen molar-refractivity contribution in [1.29, 1.82) is 0 Å². The van der Waals surface area contributed by atoms with Crippen LogP contribution in [0.25, 0.3) is 5.82 Å². The van der Waals surface area contributed by atoms with Crippen LogP contribution in [0, 0.1) is 0 Å². The monoisotopic (exact) mass is 245 g/mol. The van der Waals surface area contributed by atoms with Crippen LogP contribution in [0.3, 0.4) is 0 Å². The molecule has 0 unspecified atom stereocenters. The molecular weight excluding hydrogens is 226 g/mol. The van der Waals surface area contributed by atoms with Crippen molar-refractivity contribution in [2.75, 3.05) is 13.1 Å². The molecule has 0 aliphatic rings. The van der Waals surface area contributed by atoms with E-state index in [0.29, 0.717) is 0 Å². The highest BCUT2D eigenvalue weighted by atomic mass is 15.3. The van der Waals surface area contributed by atoms with E-state index in [0.717, 1.165) is 31.7 Å². The minimum atomic E-state index is 0.757. The maximum atomic E-state index is 4.30. The van der Waals surface area contributed by atoms with Gasteiger partial charge in [0.05, 0.1) is 6.20 Å². The molecule has 0 aliphatic heterocycles. The third-order valence-corrected chi connectivity index (χ3v) is 2.67. The second-order valence-corrected chi connectivity index (χ2v) is 4.23. The fourth-order valence-electron chi connectivity index (χ4n) is 1.75. The van der Waals surface area contributed by atoms with Gasteiger partial charge in [-0.2, -0.15) is 10.2 Å². The first-order valence-corrected chi connectivity index (χ1v) is 6.42. The molecule has 2 aromatic heterocycles. The van der Waals surface area contributed by atoms with Gasteiger partial charge in [-0.3, -0.25) is 0 Å². The fraction of sp³-hybridized carbons (Fsp3) is 0.462. The van der Waals surface area contributed by atoms with Crippen LogP contribution >= 0.6 is 0 Å². The Morgan fingerprint density at radius 3 is 3.06 bits per heavy atom. The van der Waals surface area contributed by atoms with Gasteiger partial charge in [-0.25, -0.2) is 4.68 Å². The number of nitrogens with zero attached hydrogens (tertiary/aromatic N) is 4. The van der Waals surface area contributed by atoms with Crippen molar-refractivity contribution in [3.05, 3.63) is 36.3 Å². The van der Waals surface area contributed by atoms with E-state index >= 15 is 0 Å². The van der Waals surface area contributed by atoms with Crippen molar-refractivity contribution in [2.24, 2.45) is 0 Å². The summed E-state index contributed by atoms with van der Waals surface area (Å²) in [5.41, 5.74) is 1.24. The highest BCUT2D eigenvalue weighted by Gasteiger charge is 2.01. The molecule has 2 aromatic rings. The second kappa shape index (κ2) is 6.86. The van der Waals surface area contributed by atoms with Crippen molar-refractivity contribution in [2.45, 2.75) is 26.2 Å². The van der Waals surface area contributed by atoms with E-state index in [4.69, 9.17) is 0 Å². The van der Waals surface area contributed by atoms with Crippen LogP contribution in [0.15, 0.2) is 30.7 Å². The van der Waals surface area contributed by atoms with Gasteiger partial charge >= 0.3 is 0 Å². The summed E-state index contributed by atoms with van der Waals surface area (Å²) in [4.78, 5) is 0. The van der Waals surface area contributed by atoms with Crippen LogP contribution in [0.4, 0.5) is 0 Å². The highest BCUT2D eigenvalue weighted by Crippen LogP contribution is 2.05. The first kappa shape index (κ1) is 12.7. The minimum Gasteiger partial charge on any atom is -0.317 e. The molecule has 0 radical (unpaired) electrons. The summed E-state index contributed by atoms with van der Waals surface area (Å²) in [6, 6.07) is 3.75. The lowest BCUT2D eigenvalue weighted by molar-refractivity contribution is 0.640. The molecule has 5 heteroatoms. The largest absolute Gasteiger partial charge is 0.317 e. The van der Waals surface area contributed by atoms with Gasteiger partial charge in [0.25, 0.3) is 0 Å². The summed E-state index contributed by atoms with van der Waals surface area (Å²) in [6.45, 7) is 4.33. The fourth-order valence-corrected chi connectivity index (χ4v) is 1.75. The van der Waals surface area contributed by atoms with Crippen LogP contribution < -0.4 is 5.32 Å². The van der Waals surface area contributed by atoms with Crippen LogP contribution in [0.5, 0.6) is 0 Å². The first-order valence-electron chi connectivity index (χ1n) is 6.42. The Morgan fingerprint density at radius 2 is 2.28 bits per heavy atom. The quantitative estimate of drug-likeness (QED) is 0.753. The van der Waals surface area contributed by atoms with E-state index in [1.807, 2.05) is 24.5 Å². The molecule has 1 N–H and O–H groups in total. The number of aromatic nitrogens is 4. The number of aryl methyl sites for hydroxylation is 1. The molecule has 5 nitrogen and oxygen atoms in total. The predicted molar refractivity (Wildman–Crippen MR) is 70.6 cm³/mol. The van der Waals surface area contributed by atoms with Crippen molar-refractivity contribution in [1.82, 2.24) is 25.3 Å². The van der Waals surface area contributed by atoms with Gasteiger partial charge in [0, 0.05) is 12.4 Å². The number of hydrogen-bond acceptors (Lipinski definition) is 4. The summed E-state index contributed by atoms with van der Waals surface area (Å²) in [5.74, 6) is 0.757. The second-order valence-electron chi connectivity index (χ2n) is 4.23. The summed E-state index contributed by atoms with van der Waals surface area (Å²) in [5, 5.41) is 15.6. The molecule has 0 aliphatic carbocycles. The van der Waals surface area contributed by atoms with Crippen LogP contribution in [-0.4, -0.2) is 33.1 Å². The minimum absolute atomic E-state index is 0.757. The lowest BCUT2D eigenvalue weighted by atomic mass is 10.2. The maximum absolute atomic E-state index is 4.30. The molecule has 2 heterocycles. The average molecular weight is 245 g/mol. The third-order valence-electron chi connectivity index (χ3n) is 2.67. The van der Waals surface area contributed by atoms with Gasteiger partial charge < -0.3 is 5.32 Å². The van der Waals surface area contributed by atoms with Gasteiger partial charge in [-0.05, 0) is 50.0 Å². The molecule has 18 heavy (non-hydrogen) atoms. The van der Waals surface area contributed by atoms with Gasteiger partial charge in [0.1, 0.15) is 0 Å². The zero-order valence-electron chi connectivity index (χ0n) is 10.7. The molecule has 0 fully saturated rings. The summed E-state index contributed by atoms with van der Waals surface area (Å²) < 4.78 is 1.77. The highest BCUT2D eigenvalue weighted by molar-refractivity contribution is 5.20. The van der Waals surface area contributed by atoms with Crippen LogP contribution in [0.1, 0.15) is 25.3 Å². The van der Waals surface area contributed by atoms with E-state index in [-0.39, 0.29) is 0 Å². The molecule has 0 amide bonds. The van der Waals surface area contributed by atoms with E-state index in [9.17, 15) is 0 Å². The predicted octanol–water partition coefficient (Wildman–Crippen LogP) is 1.59. The van der Waals surface area contributed by atoms with Gasteiger partial charge in [0.15, 0.2) is 5.82 Å². The van der Waals surface area contributed by atoms with Crippen molar-refractivity contribution in [3.63, 3.8) is 0 Å². The lowest BCUT2D eigenvalue weighted by Crippen LogP contribution is -2.16. The Bertz CT molecular complexity index is 451. The van der Waals surface area contributed by atoms with Gasteiger partial charge in [0.2, 0.25) is 0 Å². The van der Waals surface area contributed by atoms with Crippen molar-refractivity contribution < 1.29 is 0 Å². The van der Waals surface area contributed by atoms with Gasteiger partial charge in [-0.15, -0.1) is 5.10 Å². The number of hydrogen-bond donors (Lipinski definition) is 1. The normalized spacial score (nSPS) is 10.7. The Hall–Kier alpha value is -1.75. The van der Waals surface area contributed by atoms with Crippen LogP contribution in [-0.2, 0) is 6.42 Å². The zero-order chi connectivity index (χ0) is 12.6. The topological polar surface area (TPSA) is 55.6 Å². The molecule has 2 rings (SSSR count). The molecule has 0 aromatic carbocycles. The average Bonchev–Trinajstić information content (AvgIpc) is 2.88. The Labute approximate surface area is 107 Å². The smallest absolute Gasteiger partial charge is 0.175 e. The number of rotatable bonds is 7. The summed E-state index contributed by atoms with van der Waals surface area (Å²) in [6.07, 6.45) is 8.93. The Kier molecular flexibility index (Phi) is 4.84. The molecule has 96 valence electrons. The van der Waals surface area contributed by atoms with Crippen molar-refractivity contribution in [3.8, 4) is 5.82 Å². The standard InChI is InChI=1S/C13H19N5/c1-2-7-14-8-3-5-12-10-16-18(11-12)13-6-4-9-15-17-13/h4,6,9-11,14H,2-3,5,7-8H2,1H3. The molecule has 0 saturated carbocycles. The zero-order valence-corrected chi connectivity index (χ0v) is 10.7. The molecular formula is C13H19N5. The Balaban J connectivity index is 1.83.